The Morgan fingerprint density at radius 2 is 1.94 bits per heavy atom. The molecule has 1 N–H and O–H groups in total. The third-order valence-corrected chi connectivity index (χ3v) is 3.07. The fourth-order valence-corrected chi connectivity index (χ4v) is 1.98. The summed E-state index contributed by atoms with van der Waals surface area (Å²) in [4.78, 5) is 24.7. The molecule has 0 aromatic rings. The normalized spacial score (nSPS) is 23.4. The molecular weight excluding hydrogens is 222 g/mol. The SMILES string of the molecule is COCCN(C)C(=O)[C@@H]1CC=CC[C@@H]1C(=O)O. The molecule has 0 aromatic carbocycles. The molecule has 96 valence electrons. The number of allylic oxidation sites excluding steroid dienone is 2. The van der Waals surface area contributed by atoms with Gasteiger partial charge in [0.15, 0.2) is 0 Å². The van der Waals surface area contributed by atoms with Crippen LogP contribution in [0.4, 0.5) is 0 Å². The number of carbonyl (C=O) groups excluding carboxylic acids is 1. The van der Waals surface area contributed by atoms with Gasteiger partial charge in [-0.3, -0.25) is 9.59 Å². The van der Waals surface area contributed by atoms with Crippen molar-refractivity contribution in [3.8, 4) is 0 Å². The summed E-state index contributed by atoms with van der Waals surface area (Å²) in [5.74, 6) is -2.05. The summed E-state index contributed by atoms with van der Waals surface area (Å²) in [6.07, 6.45) is 4.65. The number of carbonyl (C=O) groups is 2. The van der Waals surface area contributed by atoms with Crippen LogP contribution in [0.1, 0.15) is 12.8 Å². The lowest BCUT2D eigenvalue weighted by Gasteiger charge is -2.28. The fourth-order valence-electron chi connectivity index (χ4n) is 1.98. The monoisotopic (exact) mass is 241 g/mol. The number of hydrogen-bond donors (Lipinski definition) is 1. The average molecular weight is 241 g/mol. The highest BCUT2D eigenvalue weighted by Crippen LogP contribution is 2.27. The number of methoxy groups -OCH3 is 1. The van der Waals surface area contributed by atoms with Crippen LogP contribution in [0.5, 0.6) is 0 Å². The van der Waals surface area contributed by atoms with Crippen molar-refractivity contribution < 1.29 is 19.4 Å². The molecule has 2 atom stereocenters. The minimum absolute atomic E-state index is 0.112. The molecule has 0 fully saturated rings. The summed E-state index contributed by atoms with van der Waals surface area (Å²) in [5, 5.41) is 9.09. The van der Waals surface area contributed by atoms with E-state index in [1.54, 1.807) is 19.1 Å². The number of likely N-dealkylation sites (N-methyl/N-ethyl adjacent to an activating group) is 1. The van der Waals surface area contributed by atoms with E-state index in [-0.39, 0.29) is 5.91 Å². The second kappa shape index (κ2) is 6.39. The maximum atomic E-state index is 12.1. The summed E-state index contributed by atoms with van der Waals surface area (Å²) in [6.45, 7) is 0.949. The fraction of sp³-hybridized carbons (Fsp3) is 0.667. The zero-order valence-corrected chi connectivity index (χ0v) is 10.3. The smallest absolute Gasteiger partial charge is 0.307 e. The summed E-state index contributed by atoms with van der Waals surface area (Å²) in [6, 6.07) is 0. The molecule has 0 spiro atoms. The van der Waals surface area contributed by atoms with Crippen LogP contribution in [0.2, 0.25) is 0 Å². The lowest BCUT2D eigenvalue weighted by atomic mass is 9.82. The molecule has 0 unspecified atom stereocenters. The number of ether oxygens (including phenoxy) is 1. The molecule has 5 heteroatoms. The van der Waals surface area contributed by atoms with Crippen LogP contribution in [0.3, 0.4) is 0 Å². The van der Waals surface area contributed by atoms with E-state index in [4.69, 9.17) is 9.84 Å². The molecule has 17 heavy (non-hydrogen) atoms. The van der Waals surface area contributed by atoms with E-state index in [9.17, 15) is 9.59 Å². The molecule has 0 aromatic heterocycles. The standard InChI is InChI=1S/C12H19NO4/c1-13(7-8-17-2)11(14)9-5-3-4-6-10(9)12(15)16/h3-4,9-10H,5-8H2,1-2H3,(H,15,16)/t9-,10+/m1/s1. The molecule has 0 saturated carbocycles. The quantitative estimate of drug-likeness (QED) is 0.721. The van der Waals surface area contributed by atoms with Gasteiger partial charge in [-0.1, -0.05) is 12.2 Å². The molecule has 0 heterocycles. The average Bonchev–Trinajstić information content (AvgIpc) is 2.34. The number of carboxylic acids is 1. The predicted molar refractivity (Wildman–Crippen MR) is 62.5 cm³/mol. The number of aliphatic carboxylic acids is 1. The van der Waals surface area contributed by atoms with Gasteiger partial charge in [0.1, 0.15) is 0 Å². The first-order valence-corrected chi connectivity index (χ1v) is 5.69. The van der Waals surface area contributed by atoms with Crippen molar-refractivity contribution in [2.24, 2.45) is 11.8 Å². The minimum Gasteiger partial charge on any atom is -0.481 e. The van der Waals surface area contributed by atoms with Gasteiger partial charge in [0.2, 0.25) is 5.91 Å². The number of rotatable bonds is 5. The van der Waals surface area contributed by atoms with Crippen LogP contribution in [-0.4, -0.2) is 49.2 Å². The molecule has 0 radical (unpaired) electrons. The van der Waals surface area contributed by atoms with Crippen LogP contribution >= 0.6 is 0 Å². The first-order chi connectivity index (χ1) is 8.07. The topological polar surface area (TPSA) is 66.8 Å². The number of amides is 1. The molecule has 1 aliphatic rings. The Morgan fingerprint density at radius 3 is 2.47 bits per heavy atom. The van der Waals surface area contributed by atoms with Gasteiger partial charge >= 0.3 is 5.97 Å². The van der Waals surface area contributed by atoms with Crippen LogP contribution in [0.25, 0.3) is 0 Å². The van der Waals surface area contributed by atoms with Gasteiger partial charge in [-0.2, -0.15) is 0 Å². The van der Waals surface area contributed by atoms with E-state index in [1.807, 2.05) is 12.2 Å². The molecule has 0 saturated heterocycles. The lowest BCUT2D eigenvalue weighted by Crippen LogP contribution is -2.41. The third-order valence-electron chi connectivity index (χ3n) is 3.07. The predicted octanol–water partition coefficient (Wildman–Crippen LogP) is 0.758. The van der Waals surface area contributed by atoms with Gasteiger partial charge in [-0.15, -0.1) is 0 Å². The Labute approximate surface area is 101 Å². The summed E-state index contributed by atoms with van der Waals surface area (Å²) < 4.78 is 4.90. The number of hydrogen-bond acceptors (Lipinski definition) is 3. The highest BCUT2D eigenvalue weighted by Gasteiger charge is 2.35. The number of nitrogens with zero attached hydrogens (tertiary/aromatic N) is 1. The van der Waals surface area contributed by atoms with Crippen molar-refractivity contribution >= 4 is 11.9 Å². The van der Waals surface area contributed by atoms with Gasteiger partial charge in [0.25, 0.3) is 0 Å². The largest absolute Gasteiger partial charge is 0.481 e. The molecule has 0 bridgehead atoms. The van der Waals surface area contributed by atoms with Crippen molar-refractivity contribution in [1.29, 1.82) is 0 Å². The Morgan fingerprint density at radius 1 is 1.35 bits per heavy atom. The molecular formula is C12H19NO4. The molecule has 1 amide bonds. The van der Waals surface area contributed by atoms with E-state index in [2.05, 4.69) is 0 Å². The van der Waals surface area contributed by atoms with Gasteiger partial charge < -0.3 is 14.7 Å². The zero-order valence-electron chi connectivity index (χ0n) is 10.3. The highest BCUT2D eigenvalue weighted by molar-refractivity contribution is 5.85. The van der Waals surface area contributed by atoms with E-state index in [1.165, 1.54) is 0 Å². The summed E-state index contributed by atoms with van der Waals surface area (Å²) in [5.41, 5.74) is 0. The van der Waals surface area contributed by atoms with Gasteiger partial charge in [0.05, 0.1) is 18.4 Å². The maximum absolute atomic E-state index is 12.1. The van der Waals surface area contributed by atoms with Crippen molar-refractivity contribution in [3.63, 3.8) is 0 Å². The zero-order chi connectivity index (χ0) is 12.8. The molecule has 5 nitrogen and oxygen atoms in total. The van der Waals surface area contributed by atoms with Crippen LogP contribution in [0, 0.1) is 11.8 Å². The minimum atomic E-state index is -0.896. The second-order valence-electron chi connectivity index (χ2n) is 4.25. The molecule has 0 aliphatic heterocycles. The Balaban J connectivity index is 2.65. The Kier molecular flexibility index (Phi) is 5.15. The highest BCUT2D eigenvalue weighted by atomic mass is 16.5. The Bertz CT molecular complexity index is 314. The van der Waals surface area contributed by atoms with E-state index in [0.717, 1.165) is 0 Å². The van der Waals surface area contributed by atoms with Crippen LogP contribution in [0.15, 0.2) is 12.2 Å². The third kappa shape index (κ3) is 3.56. The van der Waals surface area contributed by atoms with Crippen molar-refractivity contribution in [3.05, 3.63) is 12.2 Å². The van der Waals surface area contributed by atoms with E-state index < -0.39 is 17.8 Å². The van der Waals surface area contributed by atoms with Crippen molar-refractivity contribution in [1.82, 2.24) is 4.90 Å². The summed E-state index contributed by atoms with van der Waals surface area (Å²) >= 11 is 0. The lowest BCUT2D eigenvalue weighted by molar-refractivity contribution is -0.150. The summed E-state index contributed by atoms with van der Waals surface area (Å²) in [7, 11) is 3.25. The van der Waals surface area contributed by atoms with Gasteiger partial charge in [0, 0.05) is 20.7 Å². The Hall–Kier alpha value is -1.36. The van der Waals surface area contributed by atoms with Crippen molar-refractivity contribution in [2.45, 2.75) is 12.8 Å². The number of carboxylic acid groups (broad SMARTS) is 1. The van der Waals surface area contributed by atoms with Crippen LogP contribution < -0.4 is 0 Å². The maximum Gasteiger partial charge on any atom is 0.307 e. The van der Waals surface area contributed by atoms with Gasteiger partial charge in [-0.05, 0) is 12.8 Å². The first kappa shape index (κ1) is 13.7. The molecule has 1 rings (SSSR count). The van der Waals surface area contributed by atoms with Crippen LogP contribution in [-0.2, 0) is 14.3 Å². The van der Waals surface area contributed by atoms with Crippen molar-refractivity contribution in [2.75, 3.05) is 27.3 Å². The second-order valence-corrected chi connectivity index (χ2v) is 4.25. The van der Waals surface area contributed by atoms with E-state index >= 15 is 0 Å². The first-order valence-electron chi connectivity index (χ1n) is 5.69. The van der Waals surface area contributed by atoms with Gasteiger partial charge in [-0.25, -0.2) is 0 Å². The molecule has 1 aliphatic carbocycles. The van der Waals surface area contributed by atoms with E-state index in [0.29, 0.717) is 26.0 Å².